The largest absolute Gasteiger partial charge is 0.511 e. The van der Waals surface area contributed by atoms with Gasteiger partial charge in [0.2, 0.25) is 27.7 Å². The Bertz CT molecular complexity index is 1610. The van der Waals surface area contributed by atoms with E-state index >= 15 is 0 Å². The normalized spacial score (nSPS) is 15.3. The van der Waals surface area contributed by atoms with E-state index in [4.69, 9.17) is 14.3 Å². The quantitative estimate of drug-likeness (QED) is 0.112. The number of aromatic nitrogens is 2. The van der Waals surface area contributed by atoms with Gasteiger partial charge >= 0.3 is 12.0 Å². The average molecular weight is 738 g/mol. The lowest BCUT2D eigenvalue weighted by atomic mass is 9.82. The maximum absolute atomic E-state index is 12.5. The summed E-state index contributed by atoms with van der Waals surface area (Å²) in [6.45, 7) is 8.67. The fourth-order valence-corrected chi connectivity index (χ4v) is 7.06. The minimum absolute atomic E-state index is 0.00866. The molecule has 0 aliphatic heterocycles. The number of carbonyl (C=O) groups excluding carboxylic acids is 3. The molecule has 0 radical (unpaired) electrons. The number of hydrogen-bond donors (Lipinski definition) is 3. The second kappa shape index (κ2) is 21.0. The molecular weight excluding hydrogens is 691 g/mol. The van der Waals surface area contributed by atoms with E-state index in [0.717, 1.165) is 18.6 Å². The van der Waals surface area contributed by atoms with Crippen molar-refractivity contribution in [3.05, 3.63) is 52.8 Å². The summed E-state index contributed by atoms with van der Waals surface area (Å²) in [6.07, 6.45) is 3.56. The van der Waals surface area contributed by atoms with Crippen LogP contribution in [-0.4, -0.2) is 85.9 Å². The molecule has 2 amide bonds. The molecule has 15 nitrogen and oxygen atoms in total. The van der Waals surface area contributed by atoms with Crippen LogP contribution < -0.4 is 19.5 Å². The number of allylic oxidation sites excluding steroid dienone is 2. The average Bonchev–Trinajstić information content (AvgIpc) is 3.06. The number of ether oxygens (including phenoxy) is 3. The van der Waals surface area contributed by atoms with Crippen LogP contribution in [0.15, 0.2) is 46.8 Å². The third kappa shape index (κ3) is 13.5. The number of Topliss-reactive ketones (excluding diaryl/α,β-unsaturated/α-hetero) is 1. The number of urea groups is 1. The minimum atomic E-state index is -4.14. The van der Waals surface area contributed by atoms with Crippen LogP contribution in [0.25, 0.3) is 0 Å². The molecule has 1 aromatic carbocycles. The Morgan fingerprint density at radius 1 is 1.08 bits per heavy atom. The number of oxime groups is 1. The molecule has 276 valence electrons. The molecule has 17 heteroatoms. The molecule has 2 atom stereocenters. The highest BCUT2D eigenvalue weighted by Gasteiger charge is 2.31. The summed E-state index contributed by atoms with van der Waals surface area (Å²) < 4.78 is 40.9. The first-order chi connectivity index (χ1) is 23.8. The molecule has 2 unspecified atom stereocenters. The van der Waals surface area contributed by atoms with Crippen LogP contribution in [0, 0.1) is 5.92 Å². The number of sulfonamides is 1. The highest BCUT2D eigenvalue weighted by atomic mass is 32.2. The lowest BCUT2D eigenvalue weighted by Crippen LogP contribution is -2.36. The number of amides is 2. The van der Waals surface area contributed by atoms with Gasteiger partial charge in [0.05, 0.1) is 50.0 Å². The Balaban J connectivity index is 0.000000358. The van der Waals surface area contributed by atoms with Gasteiger partial charge in [-0.1, -0.05) is 50.5 Å². The van der Waals surface area contributed by atoms with Gasteiger partial charge < -0.3 is 24.2 Å². The molecule has 1 aromatic heterocycles. The Kier molecular flexibility index (Phi) is 17.5. The fraction of sp³-hybridized carbons (Fsp3) is 0.515. The molecule has 0 saturated heterocycles. The molecule has 3 rings (SSSR count). The van der Waals surface area contributed by atoms with Gasteiger partial charge in [0.25, 0.3) is 0 Å². The van der Waals surface area contributed by atoms with Crippen LogP contribution in [0.3, 0.4) is 0 Å². The number of benzene rings is 1. The third-order valence-electron chi connectivity index (χ3n) is 7.06. The Morgan fingerprint density at radius 3 is 2.30 bits per heavy atom. The SMILES string of the molecule is CCCC(=NOCC)C1=C(O)CC(CC(C)SCC)CC1=O.COC(=O)c1ccccc1CS(=O)(=O)NC(=O)Nc1nc(OC)cc(OC)n1. The standard InChI is InChI=1S/C17H29NO3S.C16H18N4O7S/c1-5-8-14(18-21-6-2)17-15(19)10-13(11-16(17)20)9-12(4)22-7-3;1-25-12-8-13(26-2)18-15(17-12)19-16(22)20-28(23,24)9-10-6-4-5-7-11(10)14(21)27-3/h12-13,19H,5-11H2,1-4H3;4-8H,9H2,1-3H3,(H2,17,18,19,20,22). The van der Waals surface area contributed by atoms with Gasteiger partial charge in [0, 0.05) is 18.1 Å². The third-order valence-corrected chi connectivity index (χ3v) is 9.34. The van der Waals surface area contributed by atoms with Crippen molar-refractivity contribution < 1.29 is 47.0 Å². The first-order valence-electron chi connectivity index (χ1n) is 16.0. The summed E-state index contributed by atoms with van der Waals surface area (Å²) in [6, 6.07) is 6.28. The second-order valence-electron chi connectivity index (χ2n) is 11.0. The summed E-state index contributed by atoms with van der Waals surface area (Å²) in [5.74, 6) is 0.210. The summed E-state index contributed by atoms with van der Waals surface area (Å²) in [5, 5.41) is 17.1. The molecule has 0 spiro atoms. The molecule has 2 aromatic rings. The van der Waals surface area contributed by atoms with Crippen molar-refractivity contribution >= 4 is 51.2 Å². The van der Waals surface area contributed by atoms with Gasteiger partial charge in [-0.2, -0.15) is 21.7 Å². The van der Waals surface area contributed by atoms with Crippen molar-refractivity contribution in [2.24, 2.45) is 11.1 Å². The maximum atomic E-state index is 12.5. The van der Waals surface area contributed by atoms with Crippen molar-refractivity contribution in [3.63, 3.8) is 0 Å². The number of esters is 1. The zero-order chi connectivity index (χ0) is 37.3. The van der Waals surface area contributed by atoms with Crippen molar-refractivity contribution in [1.82, 2.24) is 14.7 Å². The number of aliphatic hydroxyl groups excluding tert-OH is 1. The number of aliphatic hydroxyl groups is 1. The summed E-state index contributed by atoms with van der Waals surface area (Å²) in [4.78, 5) is 49.1. The van der Waals surface area contributed by atoms with E-state index < -0.39 is 27.8 Å². The smallest absolute Gasteiger partial charge is 0.338 e. The second-order valence-corrected chi connectivity index (χ2v) is 14.4. The van der Waals surface area contributed by atoms with Crippen molar-refractivity contribution in [2.75, 3.05) is 39.0 Å². The van der Waals surface area contributed by atoms with E-state index in [-0.39, 0.29) is 46.3 Å². The van der Waals surface area contributed by atoms with Crippen LogP contribution >= 0.6 is 11.8 Å². The van der Waals surface area contributed by atoms with E-state index in [2.05, 4.69) is 39.0 Å². The van der Waals surface area contributed by atoms with E-state index in [0.29, 0.717) is 42.4 Å². The number of nitrogens with zero attached hydrogens (tertiary/aromatic N) is 3. The summed E-state index contributed by atoms with van der Waals surface area (Å²) in [5.41, 5.74) is 1.26. The van der Waals surface area contributed by atoms with Gasteiger partial charge in [0.1, 0.15) is 12.4 Å². The molecule has 0 bridgehead atoms. The topological polar surface area (TPSA) is 205 Å². The first kappa shape index (κ1) is 41.8. The van der Waals surface area contributed by atoms with Crippen LogP contribution in [-0.2, 0) is 30.1 Å². The zero-order valence-electron chi connectivity index (χ0n) is 29.5. The number of ketones is 1. The molecule has 1 aliphatic rings. The molecule has 50 heavy (non-hydrogen) atoms. The predicted molar refractivity (Wildman–Crippen MR) is 191 cm³/mol. The number of nitrogens with one attached hydrogen (secondary N) is 2. The number of thioether (sulfide) groups is 1. The fourth-order valence-electron chi connectivity index (χ4n) is 5.02. The van der Waals surface area contributed by atoms with Gasteiger partial charge in [0.15, 0.2) is 5.78 Å². The number of methoxy groups -OCH3 is 3. The first-order valence-corrected chi connectivity index (χ1v) is 18.7. The van der Waals surface area contributed by atoms with E-state index in [1.54, 1.807) is 12.1 Å². The maximum Gasteiger partial charge on any atom is 0.338 e. The molecular formula is C33H47N5O10S2. The van der Waals surface area contributed by atoms with Crippen LogP contribution in [0.4, 0.5) is 10.7 Å². The minimum Gasteiger partial charge on any atom is -0.511 e. The monoisotopic (exact) mass is 737 g/mol. The lowest BCUT2D eigenvalue weighted by molar-refractivity contribution is -0.116. The number of anilines is 1. The molecule has 1 heterocycles. The highest BCUT2D eigenvalue weighted by molar-refractivity contribution is 7.99. The summed E-state index contributed by atoms with van der Waals surface area (Å²) >= 11 is 1.90. The summed E-state index contributed by atoms with van der Waals surface area (Å²) in [7, 11) is -0.243. The Labute approximate surface area is 297 Å². The van der Waals surface area contributed by atoms with Crippen molar-refractivity contribution in [1.29, 1.82) is 0 Å². The van der Waals surface area contributed by atoms with Gasteiger partial charge in [-0.15, -0.1) is 0 Å². The van der Waals surface area contributed by atoms with Crippen LogP contribution in [0.1, 0.15) is 75.7 Å². The van der Waals surface area contributed by atoms with Crippen LogP contribution in [0.5, 0.6) is 11.8 Å². The molecule has 0 fully saturated rings. The Morgan fingerprint density at radius 2 is 1.74 bits per heavy atom. The van der Waals surface area contributed by atoms with Crippen LogP contribution in [0.2, 0.25) is 0 Å². The number of hydrogen-bond acceptors (Lipinski definition) is 14. The van der Waals surface area contributed by atoms with Gasteiger partial charge in [-0.05, 0) is 43.1 Å². The molecule has 0 saturated carbocycles. The zero-order valence-corrected chi connectivity index (χ0v) is 31.1. The Hall–Kier alpha value is -4.38. The predicted octanol–water partition coefficient (Wildman–Crippen LogP) is 5.43. The van der Waals surface area contributed by atoms with Crippen molar-refractivity contribution in [2.45, 2.75) is 70.8 Å². The lowest BCUT2D eigenvalue weighted by Gasteiger charge is -2.25. The number of carbonyl (C=O) groups is 3. The number of rotatable bonds is 16. The highest BCUT2D eigenvalue weighted by Crippen LogP contribution is 2.33. The van der Waals surface area contributed by atoms with Gasteiger partial charge in [-0.3, -0.25) is 10.1 Å². The molecule has 3 N–H and O–H groups in total. The van der Waals surface area contributed by atoms with Gasteiger partial charge in [-0.25, -0.2) is 22.7 Å². The molecule has 1 aliphatic carbocycles. The van der Waals surface area contributed by atoms with E-state index in [1.165, 1.54) is 39.5 Å². The van der Waals surface area contributed by atoms with E-state index in [9.17, 15) is 27.9 Å². The van der Waals surface area contributed by atoms with E-state index in [1.807, 2.05) is 30.3 Å². The van der Waals surface area contributed by atoms with Crippen molar-refractivity contribution in [3.8, 4) is 11.8 Å².